The van der Waals surface area contributed by atoms with Crippen molar-refractivity contribution < 1.29 is 9.90 Å². The van der Waals surface area contributed by atoms with Crippen LogP contribution in [0.15, 0.2) is 42.2 Å². The van der Waals surface area contributed by atoms with Crippen molar-refractivity contribution in [2.45, 2.75) is 56.9 Å². The Morgan fingerprint density at radius 1 is 1.22 bits per heavy atom. The molecular weight excluding hydrogens is 338 g/mol. The molecule has 5 heteroatoms. The van der Waals surface area contributed by atoms with E-state index in [1.807, 2.05) is 25.3 Å². The minimum Gasteiger partial charge on any atom is -0.478 e. The predicted octanol–water partition coefficient (Wildman–Crippen LogP) is 4.42. The standard InChI is InChI=1S/C22H25N3O2/c1-22(18(21(26)27)12-17-8-5-11-23-20(17)25-22)13-15-9-10-19(24-14-15)16-6-3-2-4-7-16/h5,8-12,14,16H,2-4,6-7,13H2,1H3,(H,23,25)(H,26,27). The lowest BCUT2D eigenvalue weighted by Crippen LogP contribution is -2.44. The first-order chi connectivity index (χ1) is 13.0. The highest BCUT2D eigenvalue weighted by Gasteiger charge is 2.37. The first kappa shape index (κ1) is 17.7. The Kier molecular flexibility index (Phi) is 4.68. The van der Waals surface area contributed by atoms with Crippen molar-refractivity contribution in [2.75, 3.05) is 5.32 Å². The number of aromatic nitrogens is 2. The highest BCUT2D eigenvalue weighted by Crippen LogP contribution is 2.35. The normalized spacial score (nSPS) is 22.5. The summed E-state index contributed by atoms with van der Waals surface area (Å²) in [5, 5.41) is 13.1. The molecule has 0 saturated heterocycles. The SMILES string of the molecule is CC1(Cc2ccc(C3CCCCC3)nc2)Nc2ncccc2C=C1C(=O)O. The van der Waals surface area contributed by atoms with Crippen molar-refractivity contribution in [3.8, 4) is 0 Å². The van der Waals surface area contributed by atoms with Crippen molar-refractivity contribution in [3.05, 3.63) is 59.1 Å². The molecule has 1 saturated carbocycles. The molecular formula is C22H25N3O2. The minimum absolute atomic E-state index is 0.347. The average molecular weight is 363 g/mol. The average Bonchev–Trinajstić information content (AvgIpc) is 2.68. The van der Waals surface area contributed by atoms with Gasteiger partial charge in [-0.05, 0) is 49.6 Å². The molecule has 2 aliphatic rings. The van der Waals surface area contributed by atoms with Crippen LogP contribution in [0.25, 0.3) is 6.08 Å². The van der Waals surface area contributed by atoms with Gasteiger partial charge in [-0.2, -0.15) is 0 Å². The molecule has 0 amide bonds. The summed E-state index contributed by atoms with van der Waals surface area (Å²) in [6.45, 7) is 1.92. The van der Waals surface area contributed by atoms with E-state index in [4.69, 9.17) is 4.98 Å². The predicted molar refractivity (Wildman–Crippen MR) is 106 cm³/mol. The van der Waals surface area contributed by atoms with Gasteiger partial charge in [0.05, 0.1) is 11.1 Å². The van der Waals surface area contributed by atoms with Crippen LogP contribution in [0.1, 0.15) is 61.8 Å². The number of fused-ring (bicyclic) bond motifs is 1. The van der Waals surface area contributed by atoms with Gasteiger partial charge in [-0.25, -0.2) is 9.78 Å². The Morgan fingerprint density at radius 2 is 2.04 bits per heavy atom. The smallest absolute Gasteiger partial charge is 0.333 e. The summed E-state index contributed by atoms with van der Waals surface area (Å²) in [5.74, 6) is 0.379. The van der Waals surface area contributed by atoms with E-state index in [9.17, 15) is 9.90 Å². The lowest BCUT2D eigenvalue weighted by atomic mass is 9.81. The van der Waals surface area contributed by atoms with Gasteiger partial charge in [0, 0.05) is 36.0 Å². The maximum Gasteiger partial charge on any atom is 0.333 e. The third kappa shape index (κ3) is 3.59. The molecule has 5 nitrogen and oxygen atoms in total. The molecule has 1 unspecified atom stereocenters. The number of rotatable bonds is 4. The highest BCUT2D eigenvalue weighted by molar-refractivity contribution is 5.98. The van der Waals surface area contributed by atoms with Crippen LogP contribution >= 0.6 is 0 Å². The Labute approximate surface area is 159 Å². The summed E-state index contributed by atoms with van der Waals surface area (Å²) in [5.41, 5.74) is 2.61. The number of nitrogens with one attached hydrogen (secondary N) is 1. The van der Waals surface area contributed by atoms with E-state index < -0.39 is 11.5 Å². The first-order valence-corrected chi connectivity index (χ1v) is 9.69. The number of hydrogen-bond donors (Lipinski definition) is 2. The van der Waals surface area contributed by atoms with Gasteiger partial charge in [0.25, 0.3) is 0 Å². The van der Waals surface area contributed by atoms with Crippen LogP contribution < -0.4 is 5.32 Å². The zero-order valence-electron chi connectivity index (χ0n) is 15.6. The molecule has 2 aromatic rings. The van der Waals surface area contributed by atoms with Crippen molar-refractivity contribution in [3.63, 3.8) is 0 Å². The van der Waals surface area contributed by atoms with Crippen molar-refractivity contribution in [2.24, 2.45) is 0 Å². The minimum atomic E-state index is -0.911. The lowest BCUT2D eigenvalue weighted by Gasteiger charge is -2.36. The first-order valence-electron chi connectivity index (χ1n) is 9.69. The van der Waals surface area contributed by atoms with Gasteiger partial charge < -0.3 is 10.4 Å². The summed E-state index contributed by atoms with van der Waals surface area (Å²) < 4.78 is 0. The second-order valence-corrected chi connectivity index (χ2v) is 7.86. The van der Waals surface area contributed by atoms with Crippen LogP contribution in [0.2, 0.25) is 0 Å². The van der Waals surface area contributed by atoms with Gasteiger partial charge >= 0.3 is 5.97 Å². The summed E-state index contributed by atoms with van der Waals surface area (Å²) >= 11 is 0. The lowest BCUT2D eigenvalue weighted by molar-refractivity contribution is -0.133. The topological polar surface area (TPSA) is 75.1 Å². The Bertz CT molecular complexity index is 869. The van der Waals surface area contributed by atoms with Crippen LogP contribution in [0, 0.1) is 0 Å². The van der Waals surface area contributed by atoms with Gasteiger partial charge in [-0.1, -0.05) is 25.3 Å². The van der Waals surface area contributed by atoms with E-state index in [0.29, 0.717) is 17.9 Å². The number of carboxylic acids is 1. The number of hydrogen-bond acceptors (Lipinski definition) is 4. The van der Waals surface area contributed by atoms with Crippen LogP contribution in [-0.4, -0.2) is 26.6 Å². The van der Waals surface area contributed by atoms with E-state index in [1.165, 1.54) is 37.8 Å². The van der Waals surface area contributed by atoms with E-state index in [1.54, 1.807) is 12.3 Å². The van der Waals surface area contributed by atoms with E-state index in [0.717, 1.165) is 16.9 Å². The van der Waals surface area contributed by atoms with Gasteiger partial charge in [0.1, 0.15) is 5.82 Å². The van der Waals surface area contributed by atoms with Gasteiger partial charge in [-0.3, -0.25) is 4.98 Å². The quantitative estimate of drug-likeness (QED) is 0.841. The van der Waals surface area contributed by atoms with Crippen LogP contribution in [0.4, 0.5) is 5.82 Å². The molecule has 27 heavy (non-hydrogen) atoms. The molecule has 1 atom stereocenters. The van der Waals surface area contributed by atoms with Gasteiger partial charge in [0.15, 0.2) is 0 Å². The molecule has 140 valence electrons. The molecule has 4 rings (SSSR count). The van der Waals surface area contributed by atoms with Crippen LogP contribution in [-0.2, 0) is 11.2 Å². The zero-order chi connectivity index (χ0) is 18.9. The molecule has 0 radical (unpaired) electrons. The molecule has 2 aromatic heterocycles. The van der Waals surface area contributed by atoms with Crippen molar-refractivity contribution in [1.29, 1.82) is 0 Å². The van der Waals surface area contributed by atoms with Crippen LogP contribution in [0.3, 0.4) is 0 Å². The van der Waals surface area contributed by atoms with E-state index in [2.05, 4.69) is 22.4 Å². The number of carboxylic acid groups (broad SMARTS) is 1. The summed E-state index contributed by atoms with van der Waals surface area (Å²) in [7, 11) is 0. The van der Waals surface area contributed by atoms with Gasteiger partial charge in [-0.15, -0.1) is 0 Å². The molecule has 2 N–H and O–H groups in total. The second kappa shape index (κ2) is 7.14. The largest absolute Gasteiger partial charge is 0.478 e. The number of anilines is 1. The third-order valence-corrected chi connectivity index (χ3v) is 5.79. The number of aliphatic carboxylic acids is 1. The molecule has 1 aliphatic carbocycles. The van der Waals surface area contributed by atoms with E-state index >= 15 is 0 Å². The fourth-order valence-electron chi connectivity index (χ4n) is 4.31. The molecule has 1 fully saturated rings. The molecule has 0 bridgehead atoms. The third-order valence-electron chi connectivity index (χ3n) is 5.79. The fraction of sp³-hybridized carbons (Fsp3) is 0.409. The Hall–Kier alpha value is -2.69. The Balaban J connectivity index is 1.58. The van der Waals surface area contributed by atoms with Crippen molar-refractivity contribution >= 4 is 17.9 Å². The number of nitrogens with zero attached hydrogens (tertiary/aromatic N) is 2. The second-order valence-electron chi connectivity index (χ2n) is 7.86. The van der Waals surface area contributed by atoms with Gasteiger partial charge in [0.2, 0.25) is 0 Å². The zero-order valence-corrected chi connectivity index (χ0v) is 15.6. The molecule has 0 aromatic carbocycles. The van der Waals surface area contributed by atoms with Crippen LogP contribution in [0.5, 0.6) is 0 Å². The number of pyridine rings is 2. The van der Waals surface area contributed by atoms with E-state index in [-0.39, 0.29) is 0 Å². The monoisotopic (exact) mass is 363 g/mol. The molecule has 0 spiro atoms. The molecule has 3 heterocycles. The maximum atomic E-state index is 11.9. The summed E-state index contributed by atoms with van der Waals surface area (Å²) in [6, 6.07) is 7.90. The summed E-state index contributed by atoms with van der Waals surface area (Å²) in [6.07, 6.45) is 12.2. The Morgan fingerprint density at radius 3 is 2.74 bits per heavy atom. The fourth-order valence-corrected chi connectivity index (χ4v) is 4.31. The number of carbonyl (C=O) groups is 1. The summed E-state index contributed by atoms with van der Waals surface area (Å²) in [4.78, 5) is 21.0. The van der Waals surface area contributed by atoms with Crippen molar-refractivity contribution in [1.82, 2.24) is 9.97 Å². The highest BCUT2D eigenvalue weighted by atomic mass is 16.4. The maximum absolute atomic E-state index is 11.9. The molecule has 1 aliphatic heterocycles.